The fourth-order valence-electron chi connectivity index (χ4n) is 2.85. The Morgan fingerprint density at radius 3 is 2.92 bits per heavy atom. The lowest BCUT2D eigenvalue weighted by molar-refractivity contribution is -0.0286. The number of amides is 1. The van der Waals surface area contributed by atoms with Gasteiger partial charge in [0.1, 0.15) is 0 Å². The summed E-state index contributed by atoms with van der Waals surface area (Å²) in [5.74, 6) is -2.29. The van der Waals surface area contributed by atoms with E-state index in [9.17, 15) is 13.6 Å². The smallest absolute Gasteiger partial charge is 0.254 e. The van der Waals surface area contributed by atoms with Crippen LogP contribution in [-0.4, -0.2) is 33.9 Å². The van der Waals surface area contributed by atoms with Gasteiger partial charge in [0.15, 0.2) is 11.6 Å². The van der Waals surface area contributed by atoms with E-state index < -0.39 is 17.5 Å². The fraction of sp³-hybridized carbons (Fsp3) is 0.294. The summed E-state index contributed by atoms with van der Waals surface area (Å²) >= 11 is 0. The van der Waals surface area contributed by atoms with Crippen molar-refractivity contribution in [2.45, 2.75) is 19.5 Å². The number of H-pyrrole nitrogens is 1. The molecule has 1 amide bonds. The molecule has 3 aromatic rings. The first kappa shape index (κ1) is 15.8. The SMILES string of the molecule is Cc1cc2cc(CNC(=O)c3cnn(C4COC4)c3)c(F)c(F)c2[nH]1. The van der Waals surface area contributed by atoms with Crippen molar-refractivity contribution in [3.63, 3.8) is 0 Å². The Kier molecular flexibility index (Phi) is 3.76. The highest BCUT2D eigenvalue weighted by atomic mass is 19.2. The number of carbonyl (C=O) groups excluding carboxylic acids is 1. The number of rotatable bonds is 4. The minimum atomic E-state index is -0.961. The molecule has 0 spiro atoms. The van der Waals surface area contributed by atoms with Crippen LogP contribution in [0.3, 0.4) is 0 Å². The second-order valence-electron chi connectivity index (χ2n) is 6.16. The summed E-state index contributed by atoms with van der Waals surface area (Å²) in [7, 11) is 0. The molecule has 4 rings (SSSR count). The van der Waals surface area contributed by atoms with Gasteiger partial charge in [0, 0.05) is 29.4 Å². The molecular weight excluding hydrogens is 330 g/mol. The molecule has 0 unspecified atom stereocenters. The predicted octanol–water partition coefficient (Wildman–Crippen LogP) is 2.45. The predicted molar refractivity (Wildman–Crippen MR) is 86.2 cm³/mol. The lowest BCUT2D eigenvalue weighted by Gasteiger charge is -2.25. The second kappa shape index (κ2) is 5.96. The molecule has 1 saturated heterocycles. The maximum atomic E-state index is 14.2. The Labute approximate surface area is 141 Å². The molecule has 1 fully saturated rings. The summed E-state index contributed by atoms with van der Waals surface area (Å²) in [6.07, 6.45) is 3.07. The van der Waals surface area contributed by atoms with Gasteiger partial charge < -0.3 is 15.0 Å². The number of hydrogen-bond donors (Lipinski definition) is 2. The van der Waals surface area contributed by atoms with Crippen molar-refractivity contribution in [2.75, 3.05) is 13.2 Å². The van der Waals surface area contributed by atoms with Gasteiger partial charge in [-0.1, -0.05) is 0 Å². The van der Waals surface area contributed by atoms with Crippen LogP contribution >= 0.6 is 0 Å². The molecule has 0 radical (unpaired) electrons. The number of nitrogens with one attached hydrogen (secondary N) is 2. The maximum absolute atomic E-state index is 14.2. The van der Waals surface area contributed by atoms with E-state index in [2.05, 4.69) is 15.4 Å². The minimum absolute atomic E-state index is 0.0946. The van der Waals surface area contributed by atoms with Crippen LogP contribution in [0.1, 0.15) is 27.7 Å². The Bertz CT molecular complexity index is 959. The number of hydrogen-bond acceptors (Lipinski definition) is 3. The molecule has 2 N–H and O–H groups in total. The zero-order chi connectivity index (χ0) is 17.6. The van der Waals surface area contributed by atoms with Gasteiger partial charge in [-0.2, -0.15) is 5.10 Å². The van der Waals surface area contributed by atoms with Gasteiger partial charge in [0.05, 0.1) is 36.5 Å². The number of halogens is 2. The van der Waals surface area contributed by atoms with Crippen molar-refractivity contribution in [3.05, 3.63) is 53.0 Å². The Morgan fingerprint density at radius 2 is 2.20 bits per heavy atom. The second-order valence-corrected chi connectivity index (χ2v) is 6.16. The minimum Gasteiger partial charge on any atom is -0.377 e. The zero-order valence-electron chi connectivity index (χ0n) is 13.5. The van der Waals surface area contributed by atoms with Crippen LogP contribution in [0.4, 0.5) is 8.78 Å². The average Bonchev–Trinajstić information content (AvgIpc) is 3.14. The van der Waals surface area contributed by atoms with Crippen LogP contribution in [0.2, 0.25) is 0 Å². The summed E-state index contributed by atoms with van der Waals surface area (Å²) in [5, 5.41) is 7.30. The van der Waals surface area contributed by atoms with Crippen molar-refractivity contribution in [3.8, 4) is 0 Å². The van der Waals surface area contributed by atoms with E-state index in [1.54, 1.807) is 23.9 Å². The quantitative estimate of drug-likeness (QED) is 0.762. The van der Waals surface area contributed by atoms with Crippen LogP contribution in [-0.2, 0) is 11.3 Å². The standard InChI is InChI=1S/C17H16F2N4O2/c1-9-2-10-3-11(14(18)15(19)16(10)22-9)4-20-17(24)12-5-21-23(6-12)13-7-25-8-13/h2-3,5-6,13,22H,4,7-8H2,1H3,(H,20,24). The highest BCUT2D eigenvalue weighted by Gasteiger charge is 2.22. The largest absolute Gasteiger partial charge is 0.377 e. The van der Waals surface area contributed by atoms with Crippen molar-refractivity contribution < 1.29 is 18.3 Å². The summed E-state index contributed by atoms with van der Waals surface area (Å²) in [6.45, 7) is 2.80. The number of fused-ring (bicyclic) bond motifs is 1. The molecular formula is C17H16F2N4O2. The molecule has 2 aromatic heterocycles. The number of aromatic nitrogens is 3. The number of nitrogens with zero attached hydrogens (tertiary/aromatic N) is 2. The zero-order valence-corrected chi connectivity index (χ0v) is 13.5. The van der Waals surface area contributed by atoms with Crippen molar-refractivity contribution in [1.82, 2.24) is 20.1 Å². The lowest BCUT2D eigenvalue weighted by Crippen LogP contribution is -2.31. The third-order valence-electron chi connectivity index (χ3n) is 4.30. The maximum Gasteiger partial charge on any atom is 0.254 e. The van der Waals surface area contributed by atoms with Crippen LogP contribution in [0, 0.1) is 18.6 Å². The fourth-order valence-corrected chi connectivity index (χ4v) is 2.85. The van der Waals surface area contributed by atoms with Crippen LogP contribution in [0.25, 0.3) is 10.9 Å². The average molecular weight is 346 g/mol. The third-order valence-corrected chi connectivity index (χ3v) is 4.30. The first-order chi connectivity index (χ1) is 12.0. The van der Waals surface area contributed by atoms with Gasteiger partial charge in [0.2, 0.25) is 0 Å². The van der Waals surface area contributed by atoms with Crippen LogP contribution in [0.15, 0.2) is 24.5 Å². The monoisotopic (exact) mass is 346 g/mol. The van der Waals surface area contributed by atoms with E-state index >= 15 is 0 Å². The third kappa shape index (κ3) is 2.78. The summed E-state index contributed by atoms with van der Waals surface area (Å²) in [4.78, 5) is 15.0. The number of aromatic amines is 1. The molecule has 1 aromatic carbocycles. The Morgan fingerprint density at radius 1 is 1.40 bits per heavy atom. The highest BCUT2D eigenvalue weighted by molar-refractivity contribution is 5.93. The molecule has 1 aliphatic rings. The molecule has 0 saturated carbocycles. The van der Waals surface area contributed by atoms with Crippen LogP contribution in [0.5, 0.6) is 0 Å². The molecule has 1 aliphatic heterocycles. The van der Waals surface area contributed by atoms with Crippen molar-refractivity contribution in [2.24, 2.45) is 0 Å². The Hall–Kier alpha value is -2.74. The molecule has 8 heteroatoms. The van der Waals surface area contributed by atoms with Crippen molar-refractivity contribution >= 4 is 16.8 Å². The Balaban J connectivity index is 1.50. The van der Waals surface area contributed by atoms with Crippen LogP contribution < -0.4 is 5.32 Å². The van der Waals surface area contributed by atoms with Crippen molar-refractivity contribution in [1.29, 1.82) is 0 Å². The van der Waals surface area contributed by atoms with Gasteiger partial charge in [-0.3, -0.25) is 9.48 Å². The van der Waals surface area contributed by atoms with Gasteiger partial charge in [0.25, 0.3) is 5.91 Å². The van der Waals surface area contributed by atoms with Gasteiger partial charge in [-0.15, -0.1) is 0 Å². The van der Waals surface area contributed by atoms with Gasteiger partial charge in [-0.05, 0) is 19.1 Å². The van der Waals surface area contributed by atoms with E-state index in [1.807, 2.05) is 0 Å². The normalized spacial score (nSPS) is 14.7. The number of carbonyl (C=O) groups is 1. The molecule has 6 nitrogen and oxygen atoms in total. The first-order valence-corrected chi connectivity index (χ1v) is 7.89. The molecule has 0 bridgehead atoms. The van der Waals surface area contributed by atoms with Gasteiger partial charge in [-0.25, -0.2) is 8.78 Å². The van der Waals surface area contributed by atoms with Gasteiger partial charge >= 0.3 is 0 Å². The molecule has 0 atom stereocenters. The summed E-state index contributed by atoms with van der Waals surface area (Å²) in [5.41, 5.74) is 1.33. The number of benzene rings is 1. The highest BCUT2D eigenvalue weighted by Crippen LogP contribution is 2.24. The first-order valence-electron chi connectivity index (χ1n) is 7.89. The molecule has 3 heterocycles. The molecule has 0 aliphatic carbocycles. The topological polar surface area (TPSA) is 71.9 Å². The molecule has 130 valence electrons. The molecule has 25 heavy (non-hydrogen) atoms. The number of ether oxygens (including phenoxy) is 1. The van der Waals surface area contributed by atoms with E-state index in [0.717, 1.165) is 5.69 Å². The van der Waals surface area contributed by atoms with E-state index in [0.29, 0.717) is 24.2 Å². The summed E-state index contributed by atoms with van der Waals surface area (Å²) < 4.78 is 35.1. The number of aryl methyl sites for hydroxylation is 1. The summed E-state index contributed by atoms with van der Waals surface area (Å²) in [6, 6.07) is 3.41. The van der Waals surface area contributed by atoms with E-state index in [4.69, 9.17) is 4.74 Å². The lowest BCUT2D eigenvalue weighted by atomic mass is 10.1. The van der Waals surface area contributed by atoms with E-state index in [1.165, 1.54) is 12.3 Å². The van der Waals surface area contributed by atoms with E-state index in [-0.39, 0.29) is 23.7 Å².